The topological polar surface area (TPSA) is 99.3 Å². The third-order valence-corrected chi connectivity index (χ3v) is 3.26. The maximum Gasteiger partial charge on any atom is 0.405 e. The first-order chi connectivity index (χ1) is 12.1. The maximum atomic E-state index is 12.0. The molecule has 4 amide bonds. The van der Waals surface area contributed by atoms with E-state index in [1.54, 1.807) is 43.4 Å². The van der Waals surface area contributed by atoms with Crippen molar-refractivity contribution in [2.75, 3.05) is 18.4 Å². The van der Waals surface area contributed by atoms with Gasteiger partial charge in [0, 0.05) is 12.1 Å². The Kier molecular flexibility index (Phi) is 7.88. The fourth-order valence-corrected chi connectivity index (χ4v) is 1.86. The summed E-state index contributed by atoms with van der Waals surface area (Å²) in [5.74, 6) is -1.06. The Balaban J connectivity index is 2.42. The van der Waals surface area contributed by atoms with E-state index in [0.29, 0.717) is 12.1 Å². The number of urea groups is 1. The molecule has 1 atom stereocenters. The molecule has 0 aliphatic heterocycles. The SMILES string of the molecule is CCC(=O)Nc1ccc(C(C)NC(=O)NCC(=O)NCC(F)(F)F)cc1. The molecule has 144 valence electrons. The summed E-state index contributed by atoms with van der Waals surface area (Å²) in [6.45, 7) is 1.41. The number of halogens is 3. The van der Waals surface area contributed by atoms with Crippen molar-refractivity contribution in [1.82, 2.24) is 16.0 Å². The Morgan fingerprint density at radius 2 is 1.65 bits per heavy atom. The van der Waals surface area contributed by atoms with Gasteiger partial charge in [0.15, 0.2) is 0 Å². The number of hydrogen-bond acceptors (Lipinski definition) is 3. The summed E-state index contributed by atoms with van der Waals surface area (Å²) in [4.78, 5) is 34.2. The molecule has 1 aromatic rings. The van der Waals surface area contributed by atoms with Crippen molar-refractivity contribution in [3.63, 3.8) is 0 Å². The first kappa shape index (κ1) is 21.3. The van der Waals surface area contributed by atoms with Gasteiger partial charge in [-0.3, -0.25) is 9.59 Å². The minimum atomic E-state index is -4.50. The van der Waals surface area contributed by atoms with E-state index >= 15 is 0 Å². The van der Waals surface area contributed by atoms with Crippen molar-refractivity contribution < 1.29 is 27.6 Å². The number of rotatable bonds is 7. The molecule has 0 bridgehead atoms. The summed E-state index contributed by atoms with van der Waals surface area (Å²) in [5.41, 5.74) is 1.37. The van der Waals surface area contributed by atoms with Crippen LogP contribution in [0.3, 0.4) is 0 Å². The highest BCUT2D eigenvalue weighted by molar-refractivity contribution is 5.90. The molecule has 0 radical (unpaired) electrons. The predicted octanol–water partition coefficient (Wildman–Crippen LogP) is 2.07. The predicted molar refractivity (Wildman–Crippen MR) is 89.4 cm³/mol. The van der Waals surface area contributed by atoms with Crippen LogP contribution in [0, 0.1) is 0 Å². The third kappa shape index (κ3) is 8.36. The molecule has 7 nitrogen and oxygen atoms in total. The molecule has 1 aromatic carbocycles. The molecule has 0 spiro atoms. The minimum Gasteiger partial charge on any atom is -0.345 e. The summed E-state index contributed by atoms with van der Waals surface area (Å²) < 4.78 is 35.9. The molecule has 0 saturated carbocycles. The van der Waals surface area contributed by atoms with Crippen LogP contribution in [0.5, 0.6) is 0 Å². The Labute approximate surface area is 148 Å². The normalized spacial score (nSPS) is 12.0. The van der Waals surface area contributed by atoms with Gasteiger partial charge in [-0.25, -0.2) is 4.79 Å². The summed E-state index contributed by atoms with van der Waals surface area (Å²) in [6, 6.07) is 5.69. The second kappa shape index (κ2) is 9.64. The van der Waals surface area contributed by atoms with E-state index in [2.05, 4.69) is 16.0 Å². The van der Waals surface area contributed by atoms with Crippen LogP contribution >= 0.6 is 0 Å². The van der Waals surface area contributed by atoms with Gasteiger partial charge in [0.25, 0.3) is 0 Å². The number of amides is 4. The van der Waals surface area contributed by atoms with Crippen LogP contribution in [-0.2, 0) is 9.59 Å². The Morgan fingerprint density at radius 3 is 2.19 bits per heavy atom. The number of carbonyl (C=O) groups excluding carboxylic acids is 3. The number of nitrogens with one attached hydrogen (secondary N) is 4. The summed E-state index contributed by atoms with van der Waals surface area (Å²) in [6.07, 6.45) is -4.15. The van der Waals surface area contributed by atoms with E-state index in [9.17, 15) is 27.6 Å². The molecule has 0 fully saturated rings. The summed E-state index contributed by atoms with van der Waals surface area (Å²) in [7, 11) is 0. The molecule has 0 aromatic heterocycles. The Bertz CT molecular complexity index is 633. The standard InChI is InChI=1S/C16H21F3N4O3/c1-3-13(24)23-12-6-4-11(5-7-12)10(2)22-15(26)20-8-14(25)21-9-16(17,18)19/h4-7,10H,3,8-9H2,1-2H3,(H,21,25)(H,23,24)(H2,20,22,26). The van der Waals surface area contributed by atoms with E-state index in [1.807, 2.05) is 0 Å². The van der Waals surface area contributed by atoms with Crippen LogP contribution < -0.4 is 21.3 Å². The van der Waals surface area contributed by atoms with Crippen molar-refractivity contribution in [3.05, 3.63) is 29.8 Å². The first-order valence-electron chi connectivity index (χ1n) is 7.88. The van der Waals surface area contributed by atoms with Crippen LogP contribution in [0.15, 0.2) is 24.3 Å². The average Bonchev–Trinajstić information content (AvgIpc) is 2.58. The lowest BCUT2D eigenvalue weighted by Crippen LogP contribution is -2.44. The van der Waals surface area contributed by atoms with Crippen molar-refractivity contribution in [1.29, 1.82) is 0 Å². The van der Waals surface area contributed by atoms with E-state index < -0.39 is 37.2 Å². The molecule has 0 saturated heterocycles. The highest BCUT2D eigenvalue weighted by Gasteiger charge is 2.27. The van der Waals surface area contributed by atoms with Crippen molar-refractivity contribution in [3.8, 4) is 0 Å². The van der Waals surface area contributed by atoms with Gasteiger partial charge in [0.05, 0.1) is 12.6 Å². The number of benzene rings is 1. The lowest BCUT2D eigenvalue weighted by Gasteiger charge is -2.16. The van der Waals surface area contributed by atoms with E-state index in [4.69, 9.17) is 0 Å². The van der Waals surface area contributed by atoms with Gasteiger partial charge < -0.3 is 21.3 Å². The molecular formula is C16H21F3N4O3. The second-order valence-corrected chi connectivity index (χ2v) is 5.46. The first-order valence-corrected chi connectivity index (χ1v) is 7.88. The van der Waals surface area contributed by atoms with Crippen LogP contribution in [0.1, 0.15) is 31.9 Å². The molecular weight excluding hydrogens is 353 g/mol. The third-order valence-electron chi connectivity index (χ3n) is 3.26. The smallest absolute Gasteiger partial charge is 0.345 e. The van der Waals surface area contributed by atoms with Crippen molar-refractivity contribution in [2.24, 2.45) is 0 Å². The fraction of sp³-hybridized carbons (Fsp3) is 0.438. The van der Waals surface area contributed by atoms with Gasteiger partial charge >= 0.3 is 12.2 Å². The van der Waals surface area contributed by atoms with Crippen LogP contribution in [0.25, 0.3) is 0 Å². The van der Waals surface area contributed by atoms with E-state index in [1.165, 1.54) is 0 Å². The molecule has 1 unspecified atom stereocenters. The number of carbonyl (C=O) groups is 3. The molecule has 10 heteroatoms. The highest BCUT2D eigenvalue weighted by atomic mass is 19.4. The zero-order chi connectivity index (χ0) is 19.7. The molecule has 1 rings (SSSR count). The monoisotopic (exact) mass is 374 g/mol. The molecule has 0 heterocycles. The molecule has 4 N–H and O–H groups in total. The van der Waals surface area contributed by atoms with Crippen molar-refractivity contribution >= 4 is 23.5 Å². The van der Waals surface area contributed by atoms with Crippen molar-refractivity contribution in [2.45, 2.75) is 32.5 Å². The number of alkyl halides is 3. The molecule has 0 aliphatic carbocycles. The largest absolute Gasteiger partial charge is 0.405 e. The lowest BCUT2D eigenvalue weighted by molar-refractivity contribution is -0.137. The Morgan fingerprint density at radius 1 is 1.04 bits per heavy atom. The van der Waals surface area contributed by atoms with Gasteiger partial charge in [-0.15, -0.1) is 0 Å². The zero-order valence-corrected chi connectivity index (χ0v) is 14.4. The molecule has 26 heavy (non-hydrogen) atoms. The minimum absolute atomic E-state index is 0.118. The molecule has 0 aliphatic rings. The van der Waals surface area contributed by atoms with Gasteiger partial charge in [0.2, 0.25) is 11.8 Å². The highest BCUT2D eigenvalue weighted by Crippen LogP contribution is 2.16. The van der Waals surface area contributed by atoms with Crippen LogP contribution in [-0.4, -0.2) is 37.1 Å². The fourth-order valence-electron chi connectivity index (χ4n) is 1.86. The maximum absolute atomic E-state index is 12.0. The van der Waals surface area contributed by atoms with Gasteiger partial charge in [0.1, 0.15) is 6.54 Å². The van der Waals surface area contributed by atoms with Gasteiger partial charge in [-0.05, 0) is 24.6 Å². The van der Waals surface area contributed by atoms with Crippen LogP contribution in [0.4, 0.5) is 23.7 Å². The number of anilines is 1. The van der Waals surface area contributed by atoms with Gasteiger partial charge in [-0.1, -0.05) is 19.1 Å². The van der Waals surface area contributed by atoms with E-state index in [-0.39, 0.29) is 5.91 Å². The summed E-state index contributed by atoms with van der Waals surface area (Å²) >= 11 is 0. The summed E-state index contributed by atoms with van der Waals surface area (Å²) in [5, 5.41) is 9.07. The zero-order valence-electron chi connectivity index (χ0n) is 14.4. The number of hydrogen-bond donors (Lipinski definition) is 4. The quantitative estimate of drug-likeness (QED) is 0.588. The average molecular weight is 374 g/mol. The van der Waals surface area contributed by atoms with Gasteiger partial charge in [-0.2, -0.15) is 13.2 Å². The van der Waals surface area contributed by atoms with Crippen LogP contribution in [0.2, 0.25) is 0 Å². The van der Waals surface area contributed by atoms with E-state index in [0.717, 1.165) is 5.56 Å². The lowest BCUT2D eigenvalue weighted by atomic mass is 10.1. The second-order valence-electron chi connectivity index (χ2n) is 5.46. The Hall–Kier alpha value is -2.78.